The molecule has 0 bridgehead atoms. The Morgan fingerprint density at radius 1 is 1.17 bits per heavy atom. The van der Waals surface area contributed by atoms with Crippen LogP contribution in [-0.4, -0.2) is 41.9 Å². The lowest BCUT2D eigenvalue weighted by Crippen LogP contribution is -2.43. The largest absolute Gasteiger partial charge is 0.497 e. The molecule has 1 unspecified atom stereocenters. The van der Waals surface area contributed by atoms with Crippen molar-refractivity contribution in [1.29, 1.82) is 0 Å². The second-order valence-electron chi connectivity index (χ2n) is 7.22. The lowest BCUT2D eigenvalue weighted by atomic mass is 9.96. The number of aromatic nitrogens is 1. The minimum atomic E-state index is -0.243. The maximum absolute atomic E-state index is 13.0. The van der Waals surface area contributed by atoms with Crippen molar-refractivity contribution in [3.63, 3.8) is 0 Å². The molecule has 2 heterocycles. The minimum absolute atomic E-state index is 0.0776. The third-order valence-electron chi connectivity index (χ3n) is 5.25. The monoisotopic (exact) mass is 411 g/mol. The average Bonchev–Trinajstić information content (AvgIpc) is 3.18. The molecule has 0 saturated carbocycles. The molecule has 6 nitrogen and oxygen atoms in total. The summed E-state index contributed by atoms with van der Waals surface area (Å²) >= 11 is 5.89. The first-order chi connectivity index (χ1) is 14.0. The summed E-state index contributed by atoms with van der Waals surface area (Å²) in [4.78, 5) is 30.6. The Morgan fingerprint density at radius 2 is 1.97 bits per heavy atom. The fourth-order valence-electron chi connectivity index (χ4n) is 3.68. The van der Waals surface area contributed by atoms with Crippen LogP contribution in [-0.2, 0) is 4.79 Å². The Hall–Kier alpha value is -2.99. The van der Waals surface area contributed by atoms with Gasteiger partial charge in [0.15, 0.2) is 0 Å². The molecule has 0 radical (unpaired) electrons. The highest BCUT2D eigenvalue weighted by molar-refractivity contribution is 6.30. The Bertz CT molecular complexity index is 1050. The van der Waals surface area contributed by atoms with E-state index in [9.17, 15) is 9.59 Å². The number of amides is 2. The van der Waals surface area contributed by atoms with E-state index in [0.29, 0.717) is 29.5 Å². The molecule has 1 atom stereocenters. The molecular formula is C22H22ClN3O3. The van der Waals surface area contributed by atoms with E-state index in [1.165, 1.54) is 0 Å². The molecule has 29 heavy (non-hydrogen) atoms. The van der Waals surface area contributed by atoms with E-state index in [4.69, 9.17) is 16.3 Å². The first-order valence-electron chi connectivity index (χ1n) is 9.56. The molecular weight excluding hydrogens is 390 g/mol. The molecule has 1 aromatic heterocycles. The van der Waals surface area contributed by atoms with Crippen LogP contribution >= 0.6 is 11.6 Å². The molecule has 2 aromatic carbocycles. The highest BCUT2D eigenvalue weighted by atomic mass is 35.5. The van der Waals surface area contributed by atoms with Crippen molar-refractivity contribution in [3.8, 4) is 5.75 Å². The lowest BCUT2D eigenvalue weighted by Gasteiger charge is -2.31. The van der Waals surface area contributed by atoms with E-state index < -0.39 is 0 Å². The van der Waals surface area contributed by atoms with Crippen LogP contribution in [0.15, 0.2) is 48.5 Å². The van der Waals surface area contributed by atoms with Crippen molar-refractivity contribution in [2.24, 2.45) is 5.92 Å². The van der Waals surface area contributed by atoms with Crippen molar-refractivity contribution in [2.45, 2.75) is 12.8 Å². The fraction of sp³-hybridized carbons (Fsp3) is 0.273. The number of ether oxygens (including phenoxy) is 1. The van der Waals surface area contributed by atoms with E-state index in [-0.39, 0.29) is 17.7 Å². The van der Waals surface area contributed by atoms with Crippen molar-refractivity contribution in [3.05, 3.63) is 59.2 Å². The van der Waals surface area contributed by atoms with E-state index >= 15 is 0 Å². The molecule has 4 rings (SSSR count). The van der Waals surface area contributed by atoms with Gasteiger partial charge in [-0.2, -0.15) is 0 Å². The third-order valence-corrected chi connectivity index (χ3v) is 5.50. The van der Waals surface area contributed by atoms with E-state index in [1.54, 1.807) is 36.3 Å². The molecule has 1 aliphatic rings. The topological polar surface area (TPSA) is 74.4 Å². The molecule has 2 N–H and O–H groups in total. The quantitative estimate of drug-likeness (QED) is 0.671. The van der Waals surface area contributed by atoms with Crippen molar-refractivity contribution in [1.82, 2.24) is 9.88 Å². The summed E-state index contributed by atoms with van der Waals surface area (Å²) in [5, 5.41) is 4.45. The van der Waals surface area contributed by atoms with Gasteiger partial charge in [-0.05, 0) is 61.4 Å². The molecule has 0 aliphatic carbocycles. The summed E-state index contributed by atoms with van der Waals surface area (Å²) in [7, 11) is 1.61. The molecule has 7 heteroatoms. The summed E-state index contributed by atoms with van der Waals surface area (Å²) in [5.74, 6) is 0.329. The number of halogens is 1. The number of methoxy groups -OCH3 is 1. The van der Waals surface area contributed by atoms with Gasteiger partial charge in [0.2, 0.25) is 5.91 Å². The zero-order valence-electron chi connectivity index (χ0n) is 16.1. The summed E-state index contributed by atoms with van der Waals surface area (Å²) in [6.45, 7) is 1.04. The Kier molecular flexibility index (Phi) is 5.45. The van der Waals surface area contributed by atoms with Crippen LogP contribution in [0.2, 0.25) is 5.02 Å². The number of anilines is 1. The first-order valence-corrected chi connectivity index (χ1v) is 9.94. The van der Waals surface area contributed by atoms with Crippen molar-refractivity contribution in [2.75, 3.05) is 25.5 Å². The van der Waals surface area contributed by atoms with Gasteiger partial charge in [0.25, 0.3) is 5.91 Å². The second-order valence-corrected chi connectivity index (χ2v) is 7.66. The molecule has 2 amide bonds. The fourth-order valence-corrected chi connectivity index (χ4v) is 3.80. The predicted octanol–water partition coefficient (Wildman–Crippen LogP) is 4.32. The number of aromatic amines is 1. The maximum Gasteiger partial charge on any atom is 0.270 e. The van der Waals surface area contributed by atoms with Crippen LogP contribution in [0, 0.1) is 5.92 Å². The van der Waals surface area contributed by atoms with Crippen LogP contribution in [0.3, 0.4) is 0 Å². The molecule has 0 spiro atoms. The van der Waals surface area contributed by atoms with Gasteiger partial charge in [-0.25, -0.2) is 0 Å². The average molecular weight is 412 g/mol. The number of piperidine rings is 1. The van der Waals surface area contributed by atoms with E-state index in [1.807, 2.05) is 24.3 Å². The second kappa shape index (κ2) is 8.17. The Balaban J connectivity index is 1.45. The number of nitrogens with one attached hydrogen (secondary N) is 2. The zero-order chi connectivity index (χ0) is 20.4. The number of hydrogen-bond donors (Lipinski definition) is 2. The van der Waals surface area contributed by atoms with Gasteiger partial charge >= 0.3 is 0 Å². The molecule has 1 fully saturated rings. The van der Waals surface area contributed by atoms with Crippen molar-refractivity contribution >= 4 is 40.0 Å². The predicted molar refractivity (Wildman–Crippen MR) is 114 cm³/mol. The van der Waals surface area contributed by atoms with Gasteiger partial charge in [0, 0.05) is 34.7 Å². The standard InChI is InChI=1S/C22H22ClN3O3/c1-29-18-8-9-19-15(11-18)12-20(25-19)22(28)26-10-2-3-14(13-26)21(27)24-17-6-4-16(23)5-7-17/h4-9,11-12,14,25H,2-3,10,13H2,1H3,(H,24,27). The molecule has 3 aromatic rings. The number of benzene rings is 2. The van der Waals surface area contributed by atoms with Gasteiger partial charge in [-0.1, -0.05) is 11.6 Å². The highest BCUT2D eigenvalue weighted by Crippen LogP contribution is 2.25. The summed E-state index contributed by atoms with van der Waals surface area (Å²) < 4.78 is 5.24. The lowest BCUT2D eigenvalue weighted by molar-refractivity contribution is -0.121. The van der Waals surface area contributed by atoms with E-state index in [2.05, 4.69) is 10.3 Å². The Morgan fingerprint density at radius 3 is 2.72 bits per heavy atom. The summed E-state index contributed by atoms with van der Waals surface area (Å²) in [6, 6.07) is 14.5. The number of nitrogens with zero attached hydrogens (tertiary/aromatic N) is 1. The van der Waals surface area contributed by atoms with Crippen LogP contribution in [0.25, 0.3) is 10.9 Å². The van der Waals surface area contributed by atoms with Gasteiger partial charge in [0.1, 0.15) is 11.4 Å². The van der Waals surface area contributed by atoms with Crippen LogP contribution in [0.1, 0.15) is 23.3 Å². The number of H-pyrrole nitrogens is 1. The van der Waals surface area contributed by atoms with Crippen LogP contribution < -0.4 is 10.1 Å². The smallest absolute Gasteiger partial charge is 0.270 e. The minimum Gasteiger partial charge on any atom is -0.497 e. The molecule has 150 valence electrons. The van der Waals surface area contributed by atoms with Gasteiger partial charge in [-0.3, -0.25) is 9.59 Å². The molecule has 1 aliphatic heterocycles. The van der Waals surface area contributed by atoms with Gasteiger partial charge in [-0.15, -0.1) is 0 Å². The highest BCUT2D eigenvalue weighted by Gasteiger charge is 2.29. The maximum atomic E-state index is 13.0. The number of carbonyl (C=O) groups excluding carboxylic acids is 2. The number of hydrogen-bond acceptors (Lipinski definition) is 3. The first kappa shape index (κ1) is 19.3. The third kappa shape index (κ3) is 4.22. The number of fused-ring (bicyclic) bond motifs is 1. The van der Waals surface area contributed by atoms with Gasteiger partial charge < -0.3 is 19.9 Å². The zero-order valence-corrected chi connectivity index (χ0v) is 16.8. The normalized spacial score (nSPS) is 16.6. The van der Waals surface area contributed by atoms with Crippen LogP contribution in [0.5, 0.6) is 5.75 Å². The summed E-state index contributed by atoms with van der Waals surface area (Å²) in [6.07, 6.45) is 1.55. The number of rotatable bonds is 4. The van der Waals surface area contributed by atoms with Gasteiger partial charge in [0.05, 0.1) is 13.0 Å². The van der Waals surface area contributed by atoms with E-state index in [0.717, 1.165) is 29.5 Å². The number of carbonyl (C=O) groups is 2. The van der Waals surface area contributed by atoms with Crippen molar-refractivity contribution < 1.29 is 14.3 Å². The molecule has 1 saturated heterocycles. The Labute approximate surface area is 173 Å². The SMILES string of the molecule is COc1ccc2[nH]c(C(=O)N3CCCC(C(=O)Nc4ccc(Cl)cc4)C3)cc2c1. The summed E-state index contributed by atoms with van der Waals surface area (Å²) in [5.41, 5.74) is 2.10. The van der Waals surface area contributed by atoms with Crippen LogP contribution in [0.4, 0.5) is 5.69 Å². The number of likely N-dealkylation sites (tertiary alicyclic amines) is 1.